The van der Waals surface area contributed by atoms with Crippen molar-refractivity contribution in [3.8, 4) is 0 Å². The van der Waals surface area contributed by atoms with E-state index in [1.165, 1.54) is 36.4 Å². The van der Waals surface area contributed by atoms with Gasteiger partial charge in [0.25, 0.3) is 0 Å². The Morgan fingerprint density at radius 2 is 1.53 bits per heavy atom. The number of carboxylic acid groups (broad SMARTS) is 1. The molecule has 11 heteroatoms. The molecule has 3 N–H and O–H groups in total. The molecule has 0 aliphatic carbocycles. The van der Waals surface area contributed by atoms with Gasteiger partial charge in [-0.3, -0.25) is 4.79 Å². The molecule has 36 heavy (non-hydrogen) atoms. The summed E-state index contributed by atoms with van der Waals surface area (Å²) in [5.74, 6) is -3.35. The van der Waals surface area contributed by atoms with Crippen molar-refractivity contribution in [2.75, 3.05) is 28.6 Å². The minimum absolute atomic E-state index is 0.121. The first kappa shape index (κ1) is 29.6. The Morgan fingerprint density at radius 3 is 2.03 bits per heavy atom. The second-order valence-electron chi connectivity index (χ2n) is 9.36. The van der Waals surface area contributed by atoms with Crippen LogP contribution in [0.3, 0.4) is 0 Å². The number of hydrogen-bond donors (Lipinski definition) is 3. The number of alkyl halides is 3. The molecule has 0 aliphatic heterocycles. The fourth-order valence-corrected chi connectivity index (χ4v) is 4.22. The van der Waals surface area contributed by atoms with Crippen LogP contribution in [0.25, 0.3) is 0 Å². The number of carbonyl (C=O) groups is 2. The molecule has 0 aliphatic rings. The van der Waals surface area contributed by atoms with Crippen LogP contribution < -0.4 is 15.5 Å². The molecule has 0 saturated carbocycles. The Balaban J connectivity index is 2.53. The minimum Gasteiger partial charge on any atom is -0.481 e. The van der Waals surface area contributed by atoms with Crippen LogP contribution in [0.1, 0.15) is 45.6 Å². The molecule has 2 rings (SSSR count). The van der Waals surface area contributed by atoms with Gasteiger partial charge in [0.15, 0.2) is 0 Å². The lowest BCUT2D eigenvalue weighted by molar-refractivity contribution is -0.163. The second-order valence-corrected chi connectivity index (χ2v) is 10.2. The molecule has 0 aromatic heterocycles. The quantitative estimate of drug-likeness (QED) is 0.282. The van der Waals surface area contributed by atoms with E-state index in [1.807, 2.05) is 32.6 Å². The summed E-state index contributed by atoms with van der Waals surface area (Å²) >= 11 is 12.0. The van der Waals surface area contributed by atoms with E-state index in [0.717, 1.165) is 0 Å². The Hall–Kier alpha value is -2.65. The molecule has 0 fully saturated rings. The summed E-state index contributed by atoms with van der Waals surface area (Å²) < 4.78 is 41.2. The first-order valence-electron chi connectivity index (χ1n) is 11.4. The monoisotopic (exact) mass is 547 g/mol. The van der Waals surface area contributed by atoms with Crippen molar-refractivity contribution < 1.29 is 27.9 Å². The zero-order valence-electron chi connectivity index (χ0n) is 20.4. The molecular weight excluding hydrogens is 518 g/mol. The van der Waals surface area contributed by atoms with E-state index in [9.17, 15) is 22.8 Å². The lowest BCUT2D eigenvalue weighted by Crippen LogP contribution is -2.33. The number of hydrogen-bond acceptors (Lipinski definition) is 3. The summed E-state index contributed by atoms with van der Waals surface area (Å²) in [5, 5.41) is 14.8. The predicted molar refractivity (Wildman–Crippen MR) is 138 cm³/mol. The van der Waals surface area contributed by atoms with Gasteiger partial charge in [-0.05, 0) is 47.7 Å². The molecule has 1 atom stereocenters. The summed E-state index contributed by atoms with van der Waals surface area (Å²) in [4.78, 5) is 26.0. The van der Waals surface area contributed by atoms with Crippen molar-refractivity contribution >= 4 is 52.3 Å². The molecule has 2 aromatic rings. The van der Waals surface area contributed by atoms with E-state index in [1.54, 1.807) is 0 Å². The molecule has 2 amide bonds. The van der Waals surface area contributed by atoms with Gasteiger partial charge in [-0.2, -0.15) is 13.2 Å². The van der Waals surface area contributed by atoms with Crippen molar-refractivity contribution in [3.05, 3.63) is 52.0 Å². The number of amides is 2. The number of rotatable bonds is 10. The number of nitrogens with zero attached hydrogens (tertiary/aromatic N) is 1. The third-order valence-corrected chi connectivity index (χ3v) is 5.68. The first-order chi connectivity index (χ1) is 16.7. The average molecular weight is 548 g/mol. The molecule has 2 aromatic carbocycles. The van der Waals surface area contributed by atoms with E-state index < -0.39 is 30.5 Å². The maximum atomic E-state index is 13.7. The highest BCUT2D eigenvalue weighted by Gasteiger charge is 2.42. The maximum Gasteiger partial charge on any atom is 0.396 e. The van der Waals surface area contributed by atoms with E-state index in [2.05, 4.69) is 10.6 Å². The van der Waals surface area contributed by atoms with E-state index in [-0.39, 0.29) is 33.8 Å². The van der Waals surface area contributed by atoms with Gasteiger partial charge in [-0.1, -0.05) is 57.0 Å². The lowest BCUT2D eigenvalue weighted by atomic mass is 9.94. The zero-order valence-corrected chi connectivity index (χ0v) is 21.9. The maximum absolute atomic E-state index is 13.7. The summed E-state index contributed by atoms with van der Waals surface area (Å²) in [6.45, 7) is 9.23. The average Bonchev–Trinajstić information content (AvgIpc) is 2.72. The van der Waals surface area contributed by atoms with Gasteiger partial charge >= 0.3 is 18.2 Å². The van der Waals surface area contributed by atoms with Crippen LogP contribution in [0.4, 0.5) is 35.0 Å². The zero-order chi connectivity index (χ0) is 27.2. The molecule has 0 bridgehead atoms. The largest absolute Gasteiger partial charge is 0.481 e. The van der Waals surface area contributed by atoms with Crippen LogP contribution in [-0.4, -0.2) is 36.4 Å². The molecule has 1 unspecified atom stereocenters. The third-order valence-electron chi connectivity index (χ3n) is 5.14. The smallest absolute Gasteiger partial charge is 0.396 e. The number of nitrogens with one attached hydrogen (secondary N) is 2. The van der Waals surface area contributed by atoms with Crippen molar-refractivity contribution in [1.82, 2.24) is 0 Å². The van der Waals surface area contributed by atoms with Crippen molar-refractivity contribution in [2.24, 2.45) is 11.8 Å². The number of urea groups is 1. The van der Waals surface area contributed by atoms with Crippen LogP contribution in [0.5, 0.6) is 0 Å². The van der Waals surface area contributed by atoms with Gasteiger partial charge in [-0.15, -0.1) is 0 Å². The van der Waals surface area contributed by atoms with Gasteiger partial charge in [0, 0.05) is 18.1 Å². The predicted octanol–water partition coefficient (Wildman–Crippen LogP) is 7.88. The SMILES string of the molecule is CC(C)CN(CC(C)C)c1ccc(C(CC(=O)O)C(F)(F)F)cc1NC(=O)Nc1ccc(Cl)cc1Cl. The van der Waals surface area contributed by atoms with Crippen LogP contribution >= 0.6 is 23.2 Å². The Kier molecular flexibility index (Phi) is 10.3. The topological polar surface area (TPSA) is 81.7 Å². The first-order valence-corrected chi connectivity index (χ1v) is 12.1. The van der Waals surface area contributed by atoms with E-state index >= 15 is 0 Å². The third kappa shape index (κ3) is 8.78. The summed E-state index contributed by atoms with van der Waals surface area (Å²) in [6, 6.07) is 7.69. The number of carbonyl (C=O) groups excluding carboxylic acids is 1. The second kappa shape index (κ2) is 12.5. The number of aliphatic carboxylic acids is 1. The molecule has 6 nitrogen and oxygen atoms in total. The fourth-order valence-electron chi connectivity index (χ4n) is 3.76. The van der Waals surface area contributed by atoms with Gasteiger partial charge < -0.3 is 20.6 Å². The van der Waals surface area contributed by atoms with Crippen LogP contribution in [0.15, 0.2) is 36.4 Å². The normalized spacial score (nSPS) is 12.5. The lowest BCUT2D eigenvalue weighted by Gasteiger charge is -2.31. The molecule has 0 spiro atoms. The molecule has 0 heterocycles. The summed E-state index contributed by atoms with van der Waals surface area (Å²) in [5.41, 5.74) is 0.643. The van der Waals surface area contributed by atoms with Gasteiger partial charge in [0.2, 0.25) is 0 Å². The molecule has 0 radical (unpaired) electrons. The molecular formula is C25H30Cl2F3N3O3. The summed E-state index contributed by atoms with van der Waals surface area (Å²) in [6.07, 6.45) is -5.91. The fraction of sp³-hybridized carbons (Fsp3) is 0.440. The number of benzene rings is 2. The number of carboxylic acids is 1. The van der Waals surface area contributed by atoms with Crippen molar-refractivity contribution in [2.45, 2.75) is 46.2 Å². The number of anilines is 3. The highest BCUT2D eigenvalue weighted by atomic mass is 35.5. The van der Waals surface area contributed by atoms with Gasteiger partial charge in [0.05, 0.1) is 34.4 Å². The van der Waals surface area contributed by atoms with E-state index in [0.29, 0.717) is 23.8 Å². The van der Waals surface area contributed by atoms with Crippen LogP contribution in [-0.2, 0) is 4.79 Å². The van der Waals surface area contributed by atoms with Crippen LogP contribution in [0, 0.1) is 11.8 Å². The Bertz CT molecular complexity index is 1070. The Labute approximate surface area is 218 Å². The van der Waals surface area contributed by atoms with Gasteiger partial charge in [0.1, 0.15) is 0 Å². The Morgan fingerprint density at radius 1 is 0.944 bits per heavy atom. The molecule has 0 saturated heterocycles. The summed E-state index contributed by atoms with van der Waals surface area (Å²) in [7, 11) is 0. The molecule has 198 valence electrons. The highest BCUT2D eigenvalue weighted by molar-refractivity contribution is 6.36. The van der Waals surface area contributed by atoms with E-state index in [4.69, 9.17) is 28.3 Å². The van der Waals surface area contributed by atoms with Crippen molar-refractivity contribution in [1.29, 1.82) is 0 Å². The van der Waals surface area contributed by atoms with Gasteiger partial charge in [-0.25, -0.2) is 4.79 Å². The van der Waals surface area contributed by atoms with Crippen LogP contribution in [0.2, 0.25) is 10.0 Å². The van der Waals surface area contributed by atoms with Crippen molar-refractivity contribution in [3.63, 3.8) is 0 Å². The number of halogens is 5. The highest BCUT2D eigenvalue weighted by Crippen LogP contribution is 2.40. The standard InChI is InChI=1S/C25H30Cl2F3N3O3/c1-14(2)12-33(13-15(3)4)22-8-5-16(18(11-23(34)35)25(28,29)30)9-21(22)32-24(36)31-20-7-6-17(26)10-19(20)27/h5-10,14-15,18H,11-13H2,1-4H3,(H,34,35)(H2,31,32,36). The minimum atomic E-state index is -4.79.